The van der Waals surface area contributed by atoms with Gasteiger partial charge < -0.3 is 4.57 Å². The highest BCUT2D eigenvalue weighted by atomic mass is 32.2. The zero-order valence-electron chi connectivity index (χ0n) is 11.6. The summed E-state index contributed by atoms with van der Waals surface area (Å²) in [5.41, 5.74) is 2.02. The fourth-order valence-electron chi connectivity index (χ4n) is 2.37. The van der Waals surface area contributed by atoms with Crippen molar-refractivity contribution in [2.75, 3.05) is 7.05 Å². The Balaban J connectivity index is 2.11. The maximum Gasteiger partial charge on any atom is 0.293 e. The van der Waals surface area contributed by atoms with Crippen LogP contribution in [0.3, 0.4) is 0 Å². The van der Waals surface area contributed by atoms with E-state index in [9.17, 15) is 9.59 Å². The molecule has 1 aromatic carbocycles. The summed E-state index contributed by atoms with van der Waals surface area (Å²) < 4.78 is 2.07. The number of thioether (sulfide) groups is 1. The van der Waals surface area contributed by atoms with Crippen molar-refractivity contribution in [2.24, 2.45) is 0 Å². The lowest BCUT2D eigenvalue weighted by atomic mass is 10.1. The highest BCUT2D eigenvalue weighted by Gasteiger charge is 2.31. The van der Waals surface area contributed by atoms with Crippen LogP contribution >= 0.6 is 11.8 Å². The molecule has 1 saturated heterocycles. The summed E-state index contributed by atoms with van der Waals surface area (Å²) in [5.74, 6) is -0.245. The number of fused-ring (bicyclic) bond motifs is 1. The number of hydrogen-bond acceptors (Lipinski definition) is 3. The molecule has 0 spiro atoms. The van der Waals surface area contributed by atoms with Crippen LogP contribution in [0.4, 0.5) is 4.79 Å². The predicted octanol–water partition coefficient (Wildman–Crippen LogP) is 3.49. The number of hydrogen-bond donors (Lipinski definition) is 0. The van der Waals surface area contributed by atoms with Gasteiger partial charge in [-0.2, -0.15) is 0 Å². The third-order valence-corrected chi connectivity index (χ3v) is 4.38. The summed E-state index contributed by atoms with van der Waals surface area (Å²) in [7, 11) is 1.50. The number of carbonyl (C=O) groups is 2. The van der Waals surface area contributed by atoms with E-state index in [1.54, 1.807) is 6.08 Å². The minimum atomic E-state index is -0.245. The van der Waals surface area contributed by atoms with Gasteiger partial charge in [0.2, 0.25) is 0 Å². The molecule has 3 rings (SSSR count). The summed E-state index contributed by atoms with van der Waals surface area (Å²) >= 11 is 0.977. The number of nitrogens with zero attached hydrogens (tertiary/aromatic N) is 2. The molecule has 0 aliphatic carbocycles. The Hall–Kier alpha value is -2.27. The van der Waals surface area contributed by atoms with Gasteiger partial charge in [0, 0.05) is 36.3 Å². The highest BCUT2D eigenvalue weighted by molar-refractivity contribution is 8.18. The highest BCUT2D eigenvalue weighted by Crippen LogP contribution is 2.33. The molecule has 1 fully saturated rings. The van der Waals surface area contributed by atoms with Gasteiger partial charge in [0.05, 0.1) is 4.91 Å². The molecule has 21 heavy (non-hydrogen) atoms. The van der Waals surface area contributed by atoms with Crippen LogP contribution in [0.1, 0.15) is 5.56 Å². The Bertz CT molecular complexity index is 789. The van der Waals surface area contributed by atoms with Gasteiger partial charge in [-0.05, 0) is 23.9 Å². The van der Waals surface area contributed by atoms with Crippen molar-refractivity contribution >= 4 is 39.9 Å². The first-order chi connectivity index (χ1) is 10.1. The molecular weight excluding hydrogens is 284 g/mol. The van der Waals surface area contributed by atoms with E-state index in [1.165, 1.54) is 7.05 Å². The van der Waals surface area contributed by atoms with E-state index in [4.69, 9.17) is 0 Å². The summed E-state index contributed by atoms with van der Waals surface area (Å²) in [5, 5.41) is 0.823. The van der Waals surface area contributed by atoms with E-state index in [-0.39, 0.29) is 11.1 Å². The minimum Gasteiger partial charge on any atom is -0.343 e. The lowest BCUT2D eigenvalue weighted by Gasteiger charge is -2.00. The molecule has 1 aliphatic rings. The van der Waals surface area contributed by atoms with Crippen LogP contribution in [-0.4, -0.2) is 27.7 Å². The Morgan fingerprint density at radius 2 is 2.05 bits per heavy atom. The van der Waals surface area contributed by atoms with Gasteiger partial charge in [0.25, 0.3) is 11.1 Å². The van der Waals surface area contributed by atoms with Crippen molar-refractivity contribution in [1.29, 1.82) is 0 Å². The molecular formula is C16H14N2O2S. The van der Waals surface area contributed by atoms with E-state index in [2.05, 4.69) is 11.1 Å². The average molecular weight is 298 g/mol. The number of para-hydroxylation sites is 1. The standard InChI is InChI=1S/C16H14N2O2S/c1-3-8-18-10-11(12-6-4-5-7-13(12)18)9-14-15(19)17(2)16(20)21-14/h3-7,9-10H,1,8H2,2H3/b14-9+. The fraction of sp³-hybridized carbons (Fsp3) is 0.125. The van der Waals surface area contributed by atoms with Gasteiger partial charge in [-0.15, -0.1) is 6.58 Å². The number of imide groups is 1. The second-order valence-corrected chi connectivity index (χ2v) is 5.78. The van der Waals surface area contributed by atoms with E-state index >= 15 is 0 Å². The van der Waals surface area contributed by atoms with Crippen LogP contribution in [-0.2, 0) is 11.3 Å². The molecule has 0 saturated carbocycles. The zero-order valence-corrected chi connectivity index (χ0v) is 12.4. The molecule has 0 radical (unpaired) electrons. The Kier molecular flexibility index (Phi) is 3.43. The number of likely N-dealkylation sites (N-methyl/N-ethyl adjacent to an activating group) is 1. The van der Waals surface area contributed by atoms with Gasteiger partial charge >= 0.3 is 0 Å². The smallest absolute Gasteiger partial charge is 0.293 e. The zero-order chi connectivity index (χ0) is 15.0. The normalized spacial score (nSPS) is 17.2. The summed E-state index contributed by atoms with van der Waals surface area (Å²) in [4.78, 5) is 25.1. The first-order valence-electron chi connectivity index (χ1n) is 6.52. The molecule has 0 unspecified atom stereocenters. The molecule has 0 atom stereocenters. The number of rotatable bonds is 3. The lowest BCUT2D eigenvalue weighted by molar-refractivity contribution is -0.121. The fourth-order valence-corrected chi connectivity index (χ4v) is 3.19. The molecule has 0 bridgehead atoms. The molecule has 2 aromatic rings. The number of allylic oxidation sites excluding steroid dienone is 1. The van der Waals surface area contributed by atoms with E-state index < -0.39 is 0 Å². The number of benzene rings is 1. The molecule has 5 heteroatoms. The first kappa shape index (κ1) is 13.7. The average Bonchev–Trinajstić information content (AvgIpc) is 2.94. The Morgan fingerprint density at radius 3 is 2.71 bits per heavy atom. The van der Waals surface area contributed by atoms with Crippen LogP contribution in [0.2, 0.25) is 0 Å². The van der Waals surface area contributed by atoms with E-state index in [0.29, 0.717) is 11.4 Å². The van der Waals surface area contributed by atoms with Crippen LogP contribution in [0.15, 0.2) is 48.0 Å². The van der Waals surface area contributed by atoms with Gasteiger partial charge in [0.15, 0.2) is 0 Å². The van der Waals surface area contributed by atoms with Crippen molar-refractivity contribution in [3.63, 3.8) is 0 Å². The number of amides is 2. The summed E-state index contributed by atoms with van der Waals surface area (Å²) in [6.45, 7) is 4.46. The molecule has 106 valence electrons. The summed E-state index contributed by atoms with van der Waals surface area (Å²) in [6.07, 6.45) is 5.60. The van der Waals surface area contributed by atoms with E-state index in [0.717, 1.165) is 33.1 Å². The molecule has 2 heterocycles. The Morgan fingerprint density at radius 1 is 1.29 bits per heavy atom. The quantitative estimate of drug-likeness (QED) is 0.643. The molecule has 1 aliphatic heterocycles. The van der Waals surface area contributed by atoms with Gasteiger partial charge in [-0.25, -0.2) is 0 Å². The number of aromatic nitrogens is 1. The number of carbonyl (C=O) groups excluding carboxylic acids is 2. The van der Waals surface area contributed by atoms with Crippen molar-refractivity contribution in [2.45, 2.75) is 6.54 Å². The molecule has 4 nitrogen and oxygen atoms in total. The van der Waals surface area contributed by atoms with Crippen LogP contribution in [0.25, 0.3) is 17.0 Å². The largest absolute Gasteiger partial charge is 0.343 e. The third-order valence-electron chi connectivity index (χ3n) is 3.42. The van der Waals surface area contributed by atoms with Crippen molar-refractivity contribution in [3.8, 4) is 0 Å². The maximum absolute atomic E-state index is 12.0. The summed E-state index contributed by atoms with van der Waals surface area (Å²) in [6, 6.07) is 7.98. The monoisotopic (exact) mass is 298 g/mol. The Labute approximate surface area is 126 Å². The second kappa shape index (κ2) is 5.26. The molecule has 1 aromatic heterocycles. The molecule has 0 N–H and O–H groups in total. The van der Waals surface area contributed by atoms with Gasteiger partial charge in [0.1, 0.15) is 0 Å². The van der Waals surface area contributed by atoms with E-state index in [1.807, 2.05) is 36.5 Å². The lowest BCUT2D eigenvalue weighted by Crippen LogP contribution is -2.22. The molecule has 2 amide bonds. The second-order valence-electron chi connectivity index (χ2n) is 4.78. The third kappa shape index (κ3) is 2.29. The van der Waals surface area contributed by atoms with Crippen LogP contribution < -0.4 is 0 Å². The predicted molar refractivity (Wildman–Crippen MR) is 85.9 cm³/mol. The van der Waals surface area contributed by atoms with Crippen LogP contribution in [0, 0.1) is 0 Å². The van der Waals surface area contributed by atoms with Gasteiger partial charge in [-0.1, -0.05) is 24.3 Å². The maximum atomic E-state index is 12.0. The van der Waals surface area contributed by atoms with Gasteiger partial charge in [-0.3, -0.25) is 14.5 Å². The SMILES string of the molecule is C=CCn1cc(/C=C2/SC(=O)N(C)C2=O)c2ccccc21. The van der Waals surface area contributed by atoms with Crippen LogP contribution in [0.5, 0.6) is 0 Å². The van der Waals surface area contributed by atoms with Crippen molar-refractivity contribution in [1.82, 2.24) is 9.47 Å². The topological polar surface area (TPSA) is 42.3 Å². The van der Waals surface area contributed by atoms with Crippen molar-refractivity contribution in [3.05, 3.63) is 53.6 Å². The first-order valence-corrected chi connectivity index (χ1v) is 7.34. The minimum absolute atomic E-state index is 0.235. The van der Waals surface area contributed by atoms with Crippen molar-refractivity contribution < 1.29 is 9.59 Å².